The lowest BCUT2D eigenvalue weighted by molar-refractivity contribution is -0.145. The van der Waals surface area contributed by atoms with Gasteiger partial charge >= 0.3 is 11.8 Å². The molecule has 1 saturated heterocycles. The number of nitrogens with one attached hydrogen (secondary N) is 1. The van der Waals surface area contributed by atoms with E-state index in [0.717, 1.165) is 34.0 Å². The summed E-state index contributed by atoms with van der Waals surface area (Å²) in [5.41, 5.74) is 3.94. The number of amides is 2. The maximum atomic E-state index is 12.6. The SMILES string of the molecule is Cc1cccc(-n2nc3c(c2NC(=O)C(=O)N2CCOCC2)CSC3)c1. The van der Waals surface area contributed by atoms with Crippen LogP contribution < -0.4 is 5.32 Å². The van der Waals surface area contributed by atoms with E-state index in [0.29, 0.717) is 32.1 Å². The average molecular weight is 372 g/mol. The summed E-state index contributed by atoms with van der Waals surface area (Å²) in [5, 5.41) is 7.49. The van der Waals surface area contributed by atoms with Gasteiger partial charge in [0.15, 0.2) is 0 Å². The van der Waals surface area contributed by atoms with Gasteiger partial charge in [0.05, 0.1) is 24.6 Å². The van der Waals surface area contributed by atoms with Crippen LogP contribution in [0.25, 0.3) is 5.69 Å². The number of aromatic nitrogens is 2. The number of fused-ring (bicyclic) bond motifs is 1. The first kappa shape index (κ1) is 17.1. The Balaban J connectivity index is 1.63. The predicted octanol–water partition coefficient (Wildman–Crippen LogP) is 1.72. The number of carbonyl (C=O) groups is 2. The second kappa shape index (κ2) is 7.13. The Hall–Kier alpha value is -2.32. The van der Waals surface area contributed by atoms with E-state index in [1.54, 1.807) is 16.4 Å². The molecule has 4 rings (SSSR count). The number of rotatable bonds is 2. The van der Waals surface area contributed by atoms with E-state index in [9.17, 15) is 9.59 Å². The molecular formula is C18H20N4O3S. The molecule has 136 valence electrons. The van der Waals surface area contributed by atoms with Crippen molar-refractivity contribution in [3.8, 4) is 5.69 Å². The number of nitrogens with zero attached hydrogens (tertiary/aromatic N) is 3. The molecule has 2 aliphatic rings. The van der Waals surface area contributed by atoms with Gasteiger partial charge < -0.3 is 15.0 Å². The van der Waals surface area contributed by atoms with Crippen molar-refractivity contribution >= 4 is 29.4 Å². The van der Waals surface area contributed by atoms with Crippen molar-refractivity contribution in [2.24, 2.45) is 0 Å². The Labute approximate surface area is 155 Å². The molecule has 1 aromatic carbocycles. The number of benzene rings is 1. The van der Waals surface area contributed by atoms with Gasteiger partial charge in [0, 0.05) is 30.2 Å². The molecule has 2 aromatic rings. The van der Waals surface area contributed by atoms with Crippen LogP contribution in [0.4, 0.5) is 5.82 Å². The molecule has 0 atom stereocenters. The van der Waals surface area contributed by atoms with Crippen molar-refractivity contribution in [1.82, 2.24) is 14.7 Å². The van der Waals surface area contributed by atoms with Crippen LogP contribution >= 0.6 is 11.8 Å². The molecule has 0 saturated carbocycles. The smallest absolute Gasteiger partial charge is 0.315 e. The summed E-state index contributed by atoms with van der Waals surface area (Å²) in [6, 6.07) is 7.92. The first-order valence-electron chi connectivity index (χ1n) is 8.57. The normalized spacial score (nSPS) is 16.4. The summed E-state index contributed by atoms with van der Waals surface area (Å²) in [6.45, 7) is 3.82. The lowest BCUT2D eigenvalue weighted by Gasteiger charge is -2.26. The van der Waals surface area contributed by atoms with Gasteiger partial charge in [-0.1, -0.05) is 12.1 Å². The van der Waals surface area contributed by atoms with Gasteiger partial charge in [0.2, 0.25) is 0 Å². The highest BCUT2D eigenvalue weighted by Gasteiger charge is 2.29. The zero-order valence-corrected chi connectivity index (χ0v) is 15.3. The third-order valence-corrected chi connectivity index (χ3v) is 5.49. The second-order valence-corrected chi connectivity index (χ2v) is 7.36. The minimum Gasteiger partial charge on any atom is -0.378 e. The molecule has 7 nitrogen and oxygen atoms in total. The summed E-state index contributed by atoms with van der Waals surface area (Å²) in [6.07, 6.45) is 0. The molecule has 1 fully saturated rings. The molecule has 2 aliphatic heterocycles. The van der Waals surface area contributed by atoms with Crippen molar-refractivity contribution in [3.63, 3.8) is 0 Å². The molecule has 8 heteroatoms. The van der Waals surface area contributed by atoms with E-state index >= 15 is 0 Å². The number of thioether (sulfide) groups is 1. The van der Waals surface area contributed by atoms with E-state index in [2.05, 4.69) is 10.4 Å². The first-order chi connectivity index (χ1) is 12.6. The topological polar surface area (TPSA) is 76.5 Å². The molecular weight excluding hydrogens is 352 g/mol. The fraction of sp³-hybridized carbons (Fsp3) is 0.389. The quantitative estimate of drug-likeness (QED) is 0.813. The maximum absolute atomic E-state index is 12.6. The Morgan fingerprint density at radius 1 is 1.23 bits per heavy atom. The summed E-state index contributed by atoms with van der Waals surface area (Å²) in [5.74, 6) is 1.05. The molecule has 0 aliphatic carbocycles. The number of ether oxygens (including phenoxy) is 1. The minimum absolute atomic E-state index is 0.442. The van der Waals surface area contributed by atoms with Crippen LogP contribution in [0.15, 0.2) is 24.3 Å². The standard InChI is InChI=1S/C18H20N4O3S/c1-12-3-2-4-13(9-12)22-16(14-10-26-11-15(14)20-22)19-17(23)18(24)21-5-7-25-8-6-21/h2-4,9H,5-8,10-11H2,1H3,(H,19,23). The number of hydrogen-bond donors (Lipinski definition) is 1. The summed E-state index contributed by atoms with van der Waals surface area (Å²) in [7, 11) is 0. The number of anilines is 1. The molecule has 26 heavy (non-hydrogen) atoms. The van der Waals surface area contributed by atoms with Gasteiger partial charge in [-0.3, -0.25) is 9.59 Å². The molecule has 0 spiro atoms. The maximum Gasteiger partial charge on any atom is 0.315 e. The van der Waals surface area contributed by atoms with E-state index in [1.807, 2.05) is 31.2 Å². The van der Waals surface area contributed by atoms with Crippen LogP contribution in [0.5, 0.6) is 0 Å². The number of morpholine rings is 1. The highest BCUT2D eigenvalue weighted by molar-refractivity contribution is 7.98. The van der Waals surface area contributed by atoms with Gasteiger partial charge in [0.1, 0.15) is 5.82 Å². The first-order valence-corrected chi connectivity index (χ1v) is 9.72. The van der Waals surface area contributed by atoms with Crippen molar-refractivity contribution in [3.05, 3.63) is 41.1 Å². The third-order valence-electron chi connectivity index (χ3n) is 4.52. The van der Waals surface area contributed by atoms with E-state index in [4.69, 9.17) is 4.74 Å². The van der Waals surface area contributed by atoms with Crippen LogP contribution in [0.2, 0.25) is 0 Å². The number of aryl methyl sites for hydroxylation is 1. The molecule has 0 bridgehead atoms. The van der Waals surface area contributed by atoms with Crippen LogP contribution in [-0.4, -0.2) is 52.8 Å². The Morgan fingerprint density at radius 2 is 2.04 bits per heavy atom. The Kier molecular flexibility index (Phi) is 4.69. The van der Waals surface area contributed by atoms with E-state index in [-0.39, 0.29) is 0 Å². The molecule has 2 amide bonds. The number of hydrogen-bond acceptors (Lipinski definition) is 5. The molecule has 1 N–H and O–H groups in total. The second-order valence-electron chi connectivity index (χ2n) is 6.38. The fourth-order valence-electron chi connectivity index (χ4n) is 3.16. The van der Waals surface area contributed by atoms with Gasteiger partial charge in [-0.05, 0) is 24.6 Å². The zero-order chi connectivity index (χ0) is 18.1. The summed E-state index contributed by atoms with van der Waals surface area (Å²) < 4.78 is 6.98. The van der Waals surface area contributed by atoms with Crippen LogP contribution in [0, 0.1) is 6.92 Å². The summed E-state index contributed by atoms with van der Waals surface area (Å²) >= 11 is 1.76. The Bertz CT molecular complexity index is 858. The lowest BCUT2D eigenvalue weighted by Crippen LogP contribution is -2.46. The van der Waals surface area contributed by atoms with Crippen molar-refractivity contribution in [1.29, 1.82) is 0 Å². The predicted molar refractivity (Wildman–Crippen MR) is 99.3 cm³/mol. The van der Waals surface area contributed by atoms with E-state index in [1.165, 1.54) is 4.90 Å². The highest BCUT2D eigenvalue weighted by Crippen LogP contribution is 2.36. The van der Waals surface area contributed by atoms with Gasteiger partial charge in [-0.15, -0.1) is 0 Å². The lowest BCUT2D eigenvalue weighted by atomic mass is 10.2. The van der Waals surface area contributed by atoms with Crippen molar-refractivity contribution in [2.45, 2.75) is 18.4 Å². The molecule has 0 radical (unpaired) electrons. The minimum atomic E-state index is -0.625. The highest BCUT2D eigenvalue weighted by atomic mass is 32.2. The summed E-state index contributed by atoms with van der Waals surface area (Å²) in [4.78, 5) is 26.5. The Morgan fingerprint density at radius 3 is 2.81 bits per heavy atom. The average Bonchev–Trinajstić information content (AvgIpc) is 3.24. The molecule has 1 aromatic heterocycles. The van der Waals surface area contributed by atoms with Gasteiger partial charge in [-0.25, -0.2) is 4.68 Å². The van der Waals surface area contributed by atoms with Crippen LogP contribution in [0.3, 0.4) is 0 Å². The largest absolute Gasteiger partial charge is 0.378 e. The van der Waals surface area contributed by atoms with Crippen LogP contribution in [-0.2, 0) is 25.8 Å². The third kappa shape index (κ3) is 3.22. The molecule has 0 unspecified atom stereocenters. The zero-order valence-electron chi connectivity index (χ0n) is 14.5. The van der Waals surface area contributed by atoms with Gasteiger partial charge in [0.25, 0.3) is 0 Å². The van der Waals surface area contributed by atoms with Crippen LogP contribution in [0.1, 0.15) is 16.8 Å². The van der Waals surface area contributed by atoms with E-state index < -0.39 is 11.8 Å². The van der Waals surface area contributed by atoms with Gasteiger partial charge in [-0.2, -0.15) is 16.9 Å². The fourth-order valence-corrected chi connectivity index (χ4v) is 4.19. The van der Waals surface area contributed by atoms with Crippen molar-refractivity contribution < 1.29 is 14.3 Å². The monoisotopic (exact) mass is 372 g/mol. The number of carbonyl (C=O) groups excluding carboxylic acids is 2. The van der Waals surface area contributed by atoms with Crippen molar-refractivity contribution in [2.75, 3.05) is 31.6 Å². The molecule has 3 heterocycles.